The summed E-state index contributed by atoms with van der Waals surface area (Å²) in [5.74, 6) is 0.148. The number of hydrogen-bond acceptors (Lipinski definition) is 6. The largest absolute Gasteiger partial charge is 0.497 e. The van der Waals surface area contributed by atoms with E-state index < -0.39 is 11.8 Å². The second kappa shape index (κ2) is 9.91. The van der Waals surface area contributed by atoms with Gasteiger partial charge in [-0.25, -0.2) is 0 Å². The number of ether oxygens (including phenoxy) is 2. The van der Waals surface area contributed by atoms with Crippen molar-refractivity contribution >= 4 is 11.8 Å². The van der Waals surface area contributed by atoms with Gasteiger partial charge in [0.2, 0.25) is 0 Å². The number of carbonyl (C=O) groups excluding carboxylic acids is 2. The van der Waals surface area contributed by atoms with E-state index >= 15 is 0 Å². The Bertz CT molecular complexity index is 755. The third kappa shape index (κ3) is 5.34. The molecule has 1 fully saturated rings. The van der Waals surface area contributed by atoms with E-state index in [4.69, 9.17) is 13.9 Å². The molecule has 2 aromatic rings. The first-order valence-electron chi connectivity index (χ1n) is 9.21. The van der Waals surface area contributed by atoms with Gasteiger partial charge in [-0.3, -0.25) is 14.5 Å². The molecule has 150 valence electrons. The Balaban J connectivity index is 1.50. The minimum Gasteiger partial charge on any atom is -0.497 e. The minimum absolute atomic E-state index is 0.141. The molecule has 0 bridgehead atoms. The Kier molecular flexibility index (Phi) is 7.05. The quantitative estimate of drug-likeness (QED) is 0.691. The monoisotopic (exact) mass is 387 g/mol. The van der Waals surface area contributed by atoms with Crippen LogP contribution in [0.15, 0.2) is 47.1 Å². The molecule has 0 saturated carbocycles. The van der Waals surface area contributed by atoms with Crippen LogP contribution in [0.5, 0.6) is 5.75 Å². The van der Waals surface area contributed by atoms with E-state index in [9.17, 15) is 9.59 Å². The standard InChI is InChI=1S/C20H25N3O5/c1-26-16-6-4-15(5-7-16)13-21-19(24)20(25)22-14-17(18-3-2-10-28-18)23-8-11-27-12-9-23/h2-7,10,17H,8-9,11-14H2,1H3,(H,21,24)(H,22,25)/t17-/m0/s1. The first kappa shape index (κ1) is 19.9. The Morgan fingerprint density at radius 3 is 2.46 bits per heavy atom. The summed E-state index contributed by atoms with van der Waals surface area (Å²) >= 11 is 0. The van der Waals surface area contributed by atoms with Crippen LogP contribution in [0.4, 0.5) is 0 Å². The summed E-state index contributed by atoms with van der Waals surface area (Å²) in [6, 6.07) is 10.8. The molecule has 28 heavy (non-hydrogen) atoms. The first-order chi connectivity index (χ1) is 13.7. The summed E-state index contributed by atoms with van der Waals surface area (Å²) in [6.07, 6.45) is 1.60. The average Bonchev–Trinajstić information content (AvgIpc) is 3.27. The van der Waals surface area contributed by atoms with Gasteiger partial charge in [0.15, 0.2) is 0 Å². The normalized spacial score (nSPS) is 15.6. The highest BCUT2D eigenvalue weighted by atomic mass is 16.5. The lowest BCUT2D eigenvalue weighted by Crippen LogP contribution is -2.46. The Morgan fingerprint density at radius 2 is 1.82 bits per heavy atom. The predicted molar refractivity (Wildman–Crippen MR) is 102 cm³/mol. The third-order valence-corrected chi connectivity index (χ3v) is 4.63. The molecule has 1 aromatic carbocycles. The minimum atomic E-state index is -0.670. The molecule has 0 spiro atoms. The van der Waals surface area contributed by atoms with Crippen molar-refractivity contribution in [3.8, 4) is 5.75 Å². The van der Waals surface area contributed by atoms with Gasteiger partial charge in [0, 0.05) is 26.2 Å². The number of furan rings is 1. The summed E-state index contributed by atoms with van der Waals surface area (Å²) in [5.41, 5.74) is 0.878. The van der Waals surface area contributed by atoms with Gasteiger partial charge < -0.3 is 24.5 Å². The van der Waals surface area contributed by atoms with Crippen molar-refractivity contribution in [2.45, 2.75) is 12.6 Å². The van der Waals surface area contributed by atoms with Crippen LogP contribution in [0.3, 0.4) is 0 Å². The lowest BCUT2D eigenvalue weighted by molar-refractivity contribution is -0.139. The average molecular weight is 387 g/mol. The molecular formula is C20H25N3O5. The Hall–Kier alpha value is -2.84. The maximum absolute atomic E-state index is 12.2. The van der Waals surface area contributed by atoms with Gasteiger partial charge >= 0.3 is 11.8 Å². The van der Waals surface area contributed by atoms with Gasteiger partial charge in [-0.2, -0.15) is 0 Å². The maximum atomic E-state index is 12.2. The number of hydrogen-bond donors (Lipinski definition) is 2. The van der Waals surface area contributed by atoms with Crippen molar-refractivity contribution in [3.63, 3.8) is 0 Å². The SMILES string of the molecule is COc1ccc(CNC(=O)C(=O)NC[C@@H](c2ccco2)N2CCOCC2)cc1. The van der Waals surface area contributed by atoms with Crippen molar-refractivity contribution in [2.75, 3.05) is 40.0 Å². The fourth-order valence-corrected chi connectivity index (χ4v) is 3.06. The lowest BCUT2D eigenvalue weighted by atomic mass is 10.1. The van der Waals surface area contributed by atoms with E-state index in [1.165, 1.54) is 0 Å². The number of morpholine rings is 1. The number of nitrogens with zero attached hydrogens (tertiary/aromatic N) is 1. The van der Waals surface area contributed by atoms with Crippen LogP contribution in [-0.2, 0) is 20.9 Å². The van der Waals surface area contributed by atoms with Gasteiger partial charge in [-0.1, -0.05) is 12.1 Å². The van der Waals surface area contributed by atoms with E-state index in [2.05, 4.69) is 15.5 Å². The number of benzene rings is 1. The van der Waals surface area contributed by atoms with Crippen molar-refractivity contribution in [2.24, 2.45) is 0 Å². The van der Waals surface area contributed by atoms with Crippen LogP contribution >= 0.6 is 0 Å². The smallest absolute Gasteiger partial charge is 0.309 e. The number of methoxy groups -OCH3 is 1. The van der Waals surface area contributed by atoms with Crippen LogP contribution < -0.4 is 15.4 Å². The summed E-state index contributed by atoms with van der Waals surface area (Å²) in [5, 5.41) is 5.33. The molecule has 0 aliphatic carbocycles. The molecule has 0 radical (unpaired) electrons. The molecule has 8 nitrogen and oxygen atoms in total. The molecule has 1 aromatic heterocycles. The molecule has 2 amide bonds. The molecule has 0 unspecified atom stereocenters. The zero-order valence-electron chi connectivity index (χ0n) is 15.8. The molecular weight excluding hydrogens is 362 g/mol. The highest BCUT2D eigenvalue weighted by molar-refractivity contribution is 6.35. The van der Waals surface area contributed by atoms with Crippen LogP contribution in [0.1, 0.15) is 17.4 Å². The van der Waals surface area contributed by atoms with Gasteiger partial charge in [0.1, 0.15) is 11.5 Å². The molecule has 1 aliphatic heterocycles. The molecule has 2 heterocycles. The first-order valence-corrected chi connectivity index (χ1v) is 9.21. The van der Waals surface area contributed by atoms with Crippen LogP contribution in [0.25, 0.3) is 0 Å². The van der Waals surface area contributed by atoms with Crippen LogP contribution in [-0.4, -0.2) is 56.7 Å². The van der Waals surface area contributed by atoms with E-state index in [-0.39, 0.29) is 19.1 Å². The Labute approximate surface area is 163 Å². The third-order valence-electron chi connectivity index (χ3n) is 4.63. The van der Waals surface area contributed by atoms with Crippen LogP contribution in [0.2, 0.25) is 0 Å². The topological polar surface area (TPSA) is 93.0 Å². The van der Waals surface area contributed by atoms with Crippen molar-refractivity contribution in [1.29, 1.82) is 0 Å². The lowest BCUT2D eigenvalue weighted by Gasteiger charge is -2.33. The zero-order chi connectivity index (χ0) is 19.8. The van der Waals surface area contributed by atoms with Crippen LogP contribution in [0, 0.1) is 0 Å². The predicted octanol–water partition coefficient (Wildman–Crippen LogP) is 1.09. The molecule has 1 saturated heterocycles. The van der Waals surface area contributed by atoms with Crippen molar-refractivity contribution in [3.05, 3.63) is 54.0 Å². The second-order valence-electron chi connectivity index (χ2n) is 6.42. The van der Waals surface area contributed by atoms with Gasteiger partial charge in [0.25, 0.3) is 0 Å². The fraction of sp³-hybridized carbons (Fsp3) is 0.400. The van der Waals surface area contributed by atoms with Gasteiger partial charge in [-0.15, -0.1) is 0 Å². The van der Waals surface area contributed by atoms with E-state index in [1.807, 2.05) is 24.3 Å². The van der Waals surface area contributed by atoms with Crippen molar-refractivity contribution in [1.82, 2.24) is 15.5 Å². The van der Waals surface area contributed by atoms with Gasteiger partial charge in [-0.05, 0) is 29.8 Å². The zero-order valence-corrected chi connectivity index (χ0v) is 15.8. The number of nitrogens with one attached hydrogen (secondary N) is 2. The number of amides is 2. The Morgan fingerprint density at radius 1 is 1.11 bits per heavy atom. The summed E-state index contributed by atoms with van der Waals surface area (Å²) in [6.45, 7) is 3.29. The molecule has 2 N–H and O–H groups in total. The number of carbonyl (C=O) groups is 2. The summed E-state index contributed by atoms with van der Waals surface area (Å²) < 4.78 is 16.0. The maximum Gasteiger partial charge on any atom is 0.309 e. The second-order valence-corrected chi connectivity index (χ2v) is 6.42. The summed E-state index contributed by atoms with van der Waals surface area (Å²) in [4.78, 5) is 26.5. The van der Waals surface area contributed by atoms with E-state index in [1.54, 1.807) is 25.5 Å². The molecule has 8 heteroatoms. The molecule has 1 atom stereocenters. The number of rotatable bonds is 7. The molecule has 3 rings (SSSR count). The van der Waals surface area contributed by atoms with E-state index in [0.29, 0.717) is 13.2 Å². The van der Waals surface area contributed by atoms with E-state index in [0.717, 1.165) is 30.2 Å². The van der Waals surface area contributed by atoms with Gasteiger partial charge in [0.05, 0.1) is 32.6 Å². The fourth-order valence-electron chi connectivity index (χ4n) is 3.06. The molecule has 1 aliphatic rings. The van der Waals surface area contributed by atoms with Crippen molar-refractivity contribution < 1.29 is 23.5 Å². The highest BCUT2D eigenvalue weighted by Gasteiger charge is 2.26. The highest BCUT2D eigenvalue weighted by Crippen LogP contribution is 2.21. The summed E-state index contributed by atoms with van der Waals surface area (Å²) in [7, 11) is 1.59.